The molecule has 0 aromatic heterocycles. The van der Waals surface area contributed by atoms with Crippen LogP contribution in [0.25, 0.3) is 0 Å². The molecule has 0 spiro atoms. The third-order valence-electron chi connectivity index (χ3n) is 2.21. The van der Waals surface area contributed by atoms with E-state index in [2.05, 4.69) is 4.72 Å². The molecule has 0 aromatic rings. The largest absolute Gasteiger partial charge is 0.379 e. The Bertz CT molecular complexity index is 333. The standard InChI is InChI=1S/C11H22N2O3S/c1-4-11(9-12)17(14,15)13-7-5-6-8-16-10(2)3/h10-11,13H,4-8H2,1-3H3. The number of unbranched alkanes of at least 4 members (excludes halogenated alkanes) is 1. The summed E-state index contributed by atoms with van der Waals surface area (Å²) in [4.78, 5) is 0. The molecule has 1 atom stereocenters. The predicted molar refractivity (Wildman–Crippen MR) is 66.9 cm³/mol. The maximum atomic E-state index is 11.6. The van der Waals surface area contributed by atoms with Crippen molar-refractivity contribution in [2.45, 2.75) is 51.4 Å². The summed E-state index contributed by atoms with van der Waals surface area (Å²) in [5, 5.41) is 7.72. The van der Waals surface area contributed by atoms with Gasteiger partial charge >= 0.3 is 0 Å². The molecular formula is C11H22N2O3S. The summed E-state index contributed by atoms with van der Waals surface area (Å²) < 4.78 is 30.9. The number of nitriles is 1. The average molecular weight is 262 g/mol. The number of ether oxygens (including phenoxy) is 1. The van der Waals surface area contributed by atoms with Gasteiger partial charge in [-0.15, -0.1) is 0 Å². The van der Waals surface area contributed by atoms with E-state index in [1.807, 2.05) is 13.8 Å². The molecule has 0 saturated heterocycles. The minimum absolute atomic E-state index is 0.203. The molecule has 0 rings (SSSR count). The lowest BCUT2D eigenvalue weighted by Crippen LogP contribution is -2.33. The van der Waals surface area contributed by atoms with E-state index < -0.39 is 15.3 Å². The zero-order valence-corrected chi connectivity index (χ0v) is 11.6. The topological polar surface area (TPSA) is 79.2 Å². The highest BCUT2D eigenvalue weighted by atomic mass is 32.2. The molecule has 0 aromatic carbocycles. The molecule has 0 fully saturated rings. The Labute approximate surface area is 104 Å². The maximum Gasteiger partial charge on any atom is 0.227 e. The summed E-state index contributed by atoms with van der Waals surface area (Å²) in [7, 11) is -3.48. The first-order chi connectivity index (χ1) is 7.94. The molecule has 5 nitrogen and oxygen atoms in total. The Kier molecular flexibility index (Phi) is 8.13. The average Bonchev–Trinajstić information content (AvgIpc) is 2.24. The Morgan fingerprint density at radius 1 is 1.35 bits per heavy atom. The van der Waals surface area contributed by atoms with Crippen molar-refractivity contribution in [1.82, 2.24) is 4.72 Å². The molecule has 0 radical (unpaired) electrons. The van der Waals surface area contributed by atoms with Gasteiger partial charge in [0.15, 0.2) is 5.25 Å². The number of hydrogen-bond donors (Lipinski definition) is 1. The van der Waals surface area contributed by atoms with E-state index in [0.29, 0.717) is 26.0 Å². The third-order valence-corrected chi connectivity index (χ3v) is 4.01. The lowest BCUT2D eigenvalue weighted by molar-refractivity contribution is 0.0762. The highest BCUT2D eigenvalue weighted by molar-refractivity contribution is 7.90. The zero-order chi connectivity index (χ0) is 13.3. The molecule has 17 heavy (non-hydrogen) atoms. The van der Waals surface area contributed by atoms with Crippen LogP contribution in [-0.4, -0.2) is 32.9 Å². The molecule has 1 unspecified atom stereocenters. The van der Waals surface area contributed by atoms with E-state index in [4.69, 9.17) is 10.00 Å². The Balaban J connectivity index is 3.78. The van der Waals surface area contributed by atoms with E-state index in [1.165, 1.54) is 0 Å². The Morgan fingerprint density at radius 2 is 2.00 bits per heavy atom. The van der Waals surface area contributed by atoms with E-state index in [-0.39, 0.29) is 6.10 Å². The summed E-state index contributed by atoms with van der Waals surface area (Å²) in [6.45, 7) is 6.60. The third kappa shape index (κ3) is 7.31. The normalized spacial score (nSPS) is 13.6. The number of nitrogens with one attached hydrogen (secondary N) is 1. The van der Waals surface area contributed by atoms with Crippen LogP contribution in [0.1, 0.15) is 40.0 Å². The minimum Gasteiger partial charge on any atom is -0.379 e. The smallest absolute Gasteiger partial charge is 0.227 e. The van der Waals surface area contributed by atoms with Gasteiger partial charge in [-0.2, -0.15) is 5.26 Å². The van der Waals surface area contributed by atoms with Crippen LogP contribution in [0.4, 0.5) is 0 Å². The maximum absolute atomic E-state index is 11.6. The number of nitrogens with zero attached hydrogens (tertiary/aromatic N) is 1. The Hall–Kier alpha value is -0.640. The number of rotatable bonds is 9. The van der Waals surface area contributed by atoms with Gasteiger partial charge in [-0.3, -0.25) is 0 Å². The SMILES string of the molecule is CCC(C#N)S(=O)(=O)NCCCCOC(C)C. The molecule has 0 saturated carbocycles. The monoisotopic (exact) mass is 262 g/mol. The van der Waals surface area contributed by atoms with Gasteiger partial charge in [-0.05, 0) is 33.1 Å². The second-order valence-electron chi connectivity index (χ2n) is 4.09. The summed E-state index contributed by atoms with van der Waals surface area (Å²) in [6.07, 6.45) is 2.04. The summed E-state index contributed by atoms with van der Waals surface area (Å²) in [5.74, 6) is 0. The van der Waals surface area contributed by atoms with Gasteiger partial charge < -0.3 is 4.74 Å². The molecule has 0 amide bonds. The molecule has 0 bridgehead atoms. The predicted octanol–water partition coefficient (Wildman–Crippen LogP) is 1.41. The van der Waals surface area contributed by atoms with Crippen molar-refractivity contribution >= 4 is 10.0 Å². The van der Waals surface area contributed by atoms with Gasteiger partial charge in [0.1, 0.15) is 0 Å². The molecular weight excluding hydrogens is 240 g/mol. The lowest BCUT2D eigenvalue weighted by atomic mass is 10.3. The first-order valence-corrected chi connectivity index (χ1v) is 7.48. The first-order valence-electron chi connectivity index (χ1n) is 5.93. The fourth-order valence-corrected chi connectivity index (χ4v) is 2.45. The fraction of sp³-hybridized carbons (Fsp3) is 0.909. The van der Waals surface area contributed by atoms with Crippen molar-refractivity contribution < 1.29 is 13.2 Å². The highest BCUT2D eigenvalue weighted by Gasteiger charge is 2.22. The quantitative estimate of drug-likeness (QED) is 0.637. The van der Waals surface area contributed by atoms with Crippen molar-refractivity contribution in [3.8, 4) is 6.07 Å². The van der Waals surface area contributed by atoms with Crippen molar-refractivity contribution in [2.24, 2.45) is 0 Å². The van der Waals surface area contributed by atoms with Crippen molar-refractivity contribution in [3.63, 3.8) is 0 Å². The van der Waals surface area contributed by atoms with Crippen LogP contribution in [0.15, 0.2) is 0 Å². The lowest BCUT2D eigenvalue weighted by Gasteiger charge is -2.10. The van der Waals surface area contributed by atoms with Gasteiger partial charge in [-0.25, -0.2) is 13.1 Å². The van der Waals surface area contributed by atoms with Crippen molar-refractivity contribution in [3.05, 3.63) is 0 Å². The van der Waals surface area contributed by atoms with E-state index >= 15 is 0 Å². The molecule has 6 heteroatoms. The van der Waals surface area contributed by atoms with Crippen LogP contribution in [0.2, 0.25) is 0 Å². The Morgan fingerprint density at radius 3 is 2.47 bits per heavy atom. The molecule has 0 heterocycles. The highest BCUT2D eigenvalue weighted by Crippen LogP contribution is 2.03. The zero-order valence-electron chi connectivity index (χ0n) is 10.8. The van der Waals surface area contributed by atoms with Crippen LogP contribution in [-0.2, 0) is 14.8 Å². The van der Waals surface area contributed by atoms with Crippen LogP contribution in [0.3, 0.4) is 0 Å². The van der Waals surface area contributed by atoms with Gasteiger partial charge in [0.05, 0.1) is 12.2 Å². The van der Waals surface area contributed by atoms with Gasteiger partial charge in [0.2, 0.25) is 10.0 Å². The van der Waals surface area contributed by atoms with Gasteiger partial charge in [-0.1, -0.05) is 6.92 Å². The number of sulfonamides is 1. The molecule has 1 N–H and O–H groups in total. The summed E-state index contributed by atoms with van der Waals surface area (Å²) >= 11 is 0. The van der Waals surface area contributed by atoms with E-state index in [1.54, 1.807) is 13.0 Å². The van der Waals surface area contributed by atoms with Gasteiger partial charge in [0.25, 0.3) is 0 Å². The van der Waals surface area contributed by atoms with E-state index in [0.717, 1.165) is 6.42 Å². The van der Waals surface area contributed by atoms with Crippen LogP contribution >= 0.6 is 0 Å². The second-order valence-corrected chi connectivity index (χ2v) is 6.04. The van der Waals surface area contributed by atoms with Crippen LogP contribution < -0.4 is 4.72 Å². The van der Waals surface area contributed by atoms with Crippen LogP contribution in [0, 0.1) is 11.3 Å². The van der Waals surface area contributed by atoms with Gasteiger partial charge in [0, 0.05) is 13.2 Å². The fourth-order valence-electron chi connectivity index (χ4n) is 1.24. The summed E-state index contributed by atoms with van der Waals surface area (Å²) in [6, 6.07) is 1.78. The van der Waals surface area contributed by atoms with E-state index in [9.17, 15) is 8.42 Å². The van der Waals surface area contributed by atoms with Crippen molar-refractivity contribution in [2.75, 3.05) is 13.2 Å². The molecule has 0 aliphatic rings. The van der Waals surface area contributed by atoms with Crippen molar-refractivity contribution in [1.29, 1.82) is 5.26 Å². The molecule has 0 aliphatic heterocycles. The summed E-state index contributed by atoms with van der Waals surface area (Å²) in [5.41, 5.74) is 0. The minimum atomic E-state index is -3.48. The molecule has 0 aliphatic carbocycles. The number of hydrogen-bond acceptors (Lipinski definition) is 4. The van der Waals surface area contributed by atoms with Crippen LogP contribution in [0.5, 0.6) is 0 Å². The first kappa shape index (κ1) is 16.4. The molecule has 100 valence electrons. The second kappa shape index (κ2) is 8.45.